The van der Waals surface area contributed by atoms with E-state index in [4.69, 9.17) is 15.0 Å². The van der Waals surface area contributed by atoms with Gasteiger partial charge in [0.15, 0.2) is 0 Å². The summed E-state index contributed by atoms with van der Waals surface area (Å²) in [6.45, 7) is 0.302. The van der Waals surface area contributed by atoms with Crippen LogP contribution in [0.5, 0.6) is 0 Å². The van der Waals surface area contributed by atoms with Crippen molar-refractivity contribution < 1.29 is 9.26 Å². The van der Waals surface area contributed by atoms with Crippen LogP contribution in [0.25, 0.3) is 11.4 Å². The molecular weight excluding hydrogens is 286 g/mol. The Labute approximate surface area is 107 Å². The van der Waals surface area contributed by atoms with Crippen LogP contribution in [0, 0.1) is 0 Å². The van der Waals surface area contributed by atoms with Crippen LogP contribution in [0.2, 0.25) is 0 Å². The van der Waals surface area contributed by atoms with Crippen molar-refractivity contribution in [2.75, 3.05) is 13.7 Å². The van der Waals surface area contributed by atoms with Gasteiger partial charge in [-0.15, -0.1) is 0 Å². The van der Waals surface area contributed by atoms with Crippen molar-refractivity contribution in [3.63, 3.8) is 0 Å². The van der Waals surface area contributed by atoms with Crippen LogP contribution >= 0.6 is 15.9 Å². The fourth-order valence-electron chi connectivity index (χ4n) is 1.41. The molecule has 0 spiro atoms. The van der Waals surface area contributed by atoms with E-state index in [1.807, 2.05) is 24.3 Å². The van der Waals surface area contributed by atoms with Gasteiger partial charge >= 0.3 is 0 Å². The summed E-state index contributed by atoms with van der Waals surface area (Å²) in [5.74, 6) is 0.918. The van der Waals surface area contributed by atoms with Gasteiger partial charge in [-0.3, -0.25) is 0 Å². The van der Waals surface area contributed by atoms with Crippen LogP contribution in [0.15, 0.2) is 33.3 Å². The summed E-state index contributed by atoms with van der Waals surface area (Å²) in [5.41, 5.74) is 6.40. The van der Waals surface area contributed by atoms with E-state index in [2.05, 4.69) is 26.1 Å². The van der Waals surface area contributed by atoms with Gasteiger partial charge in [-0.1, -0.05) is 33.2 Å². The molecule has 0 saturated carbocycles. The molecule has 2 aromatic rings. The highest BCUT2D eigenvalue weighted by atomic mass is 79.9. The fraction of sp³-hybridized carbons (Fsp3) is 0.273. The van der Waals surface area contributed by atoms with E-state index in [1.165, 1.54) is 0 Å². The molecule has 0 aliphatic rings. The van der Waals surface area contributed by atoms with Crippen molar-refractivity contribution in [3.8, 4) is 11.4 Å². The number of hydrogen-bond donors (Lipinski definition) is 1. The molecule has 2 N–H and O–H groups in total. The number of methoxy groups -OCH3 is 1. The Morgan fingerprint density at radius 1 is 1.53 bits per heavy atom. The second-order valence-electron chi connectivity index (χ2n) is 3.43. The van der Waals surface area contributed by atoms with Gasteiger partial charge in [0.1, 0.15) is 6.10 Å². The van der Waals surface area contributed by atoms with Crippen LogP contribution in [0.1, 0.15) is 12.0 Å². The van der Waals surface area contributed by atoms with Crippen molar-refractivity contribution in [1.82, 2.24) is 10.1 Å². The Hall–Kier alpha value is -1.24. The van der Waals surface area contributed by atoms with Crippen LogP contribution in [0.3, 0.4) is 0 Å². The van der Waals surface area contributed by atoms with E-state index in [9.17, 15) is 0 Å². The lowest BCUT2D eigenvalue weighted by Crippen LogP contribution is -2.14. The number of rotatable bonds is 4. The van der Waals surface area contributed by atoms with Crippen molar-refractivity contribution in [2.24, 2.45) is 5.73 Å². The van der Waals surface area contributed by atoms with E-state index in [0.29, 0.717) is 18.3 Å². The molecule has 0 saturated heterocycles. The summed E-state index contributed by atoms with van der Waals surface area (Å²) in [6.07, 6.45) is -0.358. The molecule has 0 fully saturated rings. The highest BCUT2D eigenvalue weighted by Gasteiger charge is 2.17. The Morgan fingerprint density at radius 2 is 2.35 bits per heavy atom. The molecule has 1 unspecified atom stereocenters. The molecule has 2 rings (SSSR count). The summed E-state index contributed by atoms with van der Waals surface area (Å²) in [7, 11) is 1.56. The Kier molecular flexibility index (Phi) is 3.88. The third-order valence-electron chi connectivity index (χ3n) is 2.30. The van der Waals surface area contributed by atoms with Crippen molar-refractivity contribution in [2.45, 2.75) is 6.10 Å². The first-order valence-corrected chi connectivity index (χ1v) is 5.86. The highest BCUT2D eigenvalue weighted by Crippen LogP contribution is 2.22. The van der Waals surface area contributed by atoms with Crippen LogP contribution in [0.4, 0.5) is 0 Å². The molecule has 0 amide bonds. The SMILES string of the molecule is COC(CN)c1nc(-c2cccc(Br)c2)no1. The maximum atomic E-state index is 5.53. The van der Waals surface area contributed by atoms with Gasteiger partial charge in [0.05, 0.1) is 0 Å². The van der Waals surface area contributed by atoms with Gasteiger partial charge in [-0.2, -0.15) is 4.98 Å². The standard InChI is InChI=1S/C11H12BrN3O2/c1-16-9(6-13)11-14-10(15-17-11)7-3-2-4-8(12)5-7/h2-5,9H,6,13H2,1H3. The molecule has 1 aromatic heterocycles. The molecular formula is C11H12BrN3O2. The zero-order valence-corrected chi connectivity index (χ0v) is 10.8. The summed E-state index contributed by atoms with van der Waals surface area (Å²) in [5, 5.41) is 3.90. The lowest BCUT2D eigenvalue weighted by molar-refractivity contribution is 0.0804. The summed E-state index contributed by atoms with van der Waals surface area (Å²) in [6, 6.07) is 7.66. The lowest BCUT2D eigenvalue weighted by Gasteiger charge is -2.05. The van der Waals surface area contributed by atoms with Gasteiger partial charge in [0.25, 0.3) is 5.89 Å². The smallest absolute Gasteiger partial charge is 0.257 e. The first kappa shape index (κ1) is 12.2. The number of aromatic nitrogens is 2. The summed E-state index contributed by atoms with van der Waals surface area (Å²) < 4.78 is 11.2. The quantitative estimate of drug-likeness (QED) is 0.936. The maximum absolute atomic E-state index is 5.53. The molecule has 90 valence electrons. The summed E-state index contributed by atoms with van der Waals surface area (Å²) >= 11 is 3.39. The molecule has 1 atom stereocenters. The van der Waals surface area contributed by atoms with E-state index in [-0.39, 0.29) is 6.10 Å². The van der Waals surface area contributed by atoms with Gasteiger partial charge in [-0.05, 0) is 12.1 Å². The molecule has 5 nitrogen and oxygen atoms in total. The van der Waals surface area contributed by atoms with Crippen molar-refractivity contribution >= 4 is 15.9 Å². The number of nitrogens with zero attached hydrogens (tertiary/aromatic N) is 2. The molecule has 1 aromatic carbocycles. The lowest BCUT2D eigenvalue weighted by atomic mass is 10.2. The molecule has 0 bridgehead atoms. The molecule has 17 heavy (non-hydrogen) atoms. The average Bonchev–Trinajstić information content (AvgIpc) is 2.80. The van der Waals surface area contributed by atoms with E-state index < -0.39 is 0 Å². The number of ether oxygens (including phenoxy) is 1. The minimum atomic E-state index is -0.358. The van der Waals surface area contributed by atoms with E-state index >= 15 is 0 Å². The zero-order valence-electron chi connectivity index (χ0n) is 9.26. The Bertz CT molecular complexity index is 497. The van der Waals surface area contributed by atoms with Crippen LogP contribution in [-0.4, -0.2) is 23.8 Å². The number of halogens is 1. The molecule has 6 heteroatoms. The van der Waals surface area contributed by atoms with E-state index in [0.717, 1.165) is 10.0 Å². The van der Waals surface area contributed by atoms with Gasteiger partial charge in [0.2, 0.25) is 5.82 Å². The normalized spacial score (nSPS) is 12.6. The second kappa shape index (κ2) is 5.39. The first-order valence-electron chi connectivity index (χ1n) is 5.07. The predicted molar refractivity (Wildman–Crippen MR) is 66.2 cm³/mol. The van der Waals surface area contributed by atoms with Gasteiger partial charge in [0, 0.05) is 23.7 Å². The van der Waals surface area contributed by atoms with E-state index in [1.54, 1.807) is 7.11 Å². The molecule has 0 aliphatic carbocycles. The first-order chi connectivity index (χ1) is 8.24. The maximum Gasteiger partial charge on any atom is 0.257 e. The monoisotopic (exact) mass is 297 g/mol. The predicted octanol–water partition coefficient (Wildman–Crippen LogP) is 2.15. The minimum Gasteiger partial charge on any atom is -0.370 e. The summed E-state index contributed by atoms with van der Waals surface area (Å²) in [4.78, 5) is 4.26. The molecule has 0 aliphatic heterocycles. The largest absolute Gasteiger partial charge is 0.370 e. The second-order valence-corrected chi connectivity index (χ2v) is 4.34. The minimum absolute atomic E-state index is 0.302. The van der Waals surface area contributed by atoms with Crippen LogP contribution < -0.4 is 5.73 Å². The third kappa shape index (κ3) is 2.71. The van der Waals surface area contributed by atoms with Gasteiger partial charge < -0.3 is 15.0 Å². The molecule has 1 heterocycles. The Morgan fingerprint density at radius 3 is 3.00 bits per heavy atom. The van der Waals surface area contributed by atoms with Crippen molar-refractivity contribution in [1.29, 1.82) is 0 Å². The fourth-order valence-corrected chi connectivity index (χ4v) is 1.81. The number of benzene rings is 1. The average molecular weight is 298 g/mol. The van der Waals surface area contributed by atoms with Gasteiger partial charge in [-0.25, -0.2) is 0 Å². The Balaban J connectivity index is 2.29. The van der Waals surface area contributed by atoms with Crippen molar-refractivity contribution in [3.05, 3.63) is 34.6 Å². The van der Waals surface area contributed by atoms with Crippen LogP contribution in [-0.2, 0) is 4.74 Å². The topological polar surface area (TPSA) is 74.2 Å². The zero-order chi connectivity index (χ0) is 12.3. The number of hydrogen-bond acceptors (Lipinski definition) is 5. The number of nitrogens with two attached hydrogens (primary N) is 1. The molecule has 0 radical (unpaired) electrons. The third-order valence-corrected chi connectivity index (χ3v) is 2.79. The highest BCUT2D eigenvalue weighted by molar-refractivity contribution is 9.10.